The number of nitrogens with zero attached hydrogens (tertiary/aromatic N) is 3. The van der Waals surface area contributed by atoms with Crippen LogP contribution >= 0.6 is 0 Å². The molecule has 172 valence electrons. The van der Waals surface area contributed by atoms with E-state index in [9.17, 15) is 29.4 Å². The number of hydrogen-bond donors (Lipinski definition) is 4. The number of nitrogens with two attached hydrogens (primary N) is 1. The van der Waals surface area contributed by atoms with Crippen LogP contribution in [0, 0.1) is 0 Å². The van der Waals surface area contributed by atoms with Crippen molar-refractivity contribution in [3.63, 3.8) is 0 Å². The van der Waals surface area contributed by atoms with Gasteiger partial charge in [0.1, 0.15) is 12.2 Å². The van der Waals surface area contributed by atoms with Crippen LogP contribution in [0.4, 0.5) is 23.1 Å². The van der Waals surface area contributed by atoms with Gasteiger partial charge in [0, 0.05) is 11.5 Å². The molecule has 0 saturated carbocycles. The van der Waals surface area contributed by atoms with Crippen molar-refractivity contribution in [2.24, 2.45) is 0 Å². The molecule has 0 bridgehead atoms. The number of fused-ring (bicyclic) bond motifs is 3. The third-order valence-electron chi connectivity index (χ3n) is 5.43. The number of aromatic amines is 1. The summed E-state index contributed by atoms with van der Waals surface area (Å²) >= 11 is 0. The molecule has 0 spiro atoms. The summed E-state index contributed by atoms with van der Waals surface area (Å²) in [5.41, 5.74) is 6.55. The molecular formula is C20H20N7O6-. The Bertz CT molecular complexity index is 1210. The number of aliphatic carboxylic acids is 2. The number of nitrogen functional groups attached to an aromatic ring is 1. The number of carboxylic acid groups (broad SMARTS) is 2. The lowest BCUT2D eigenvalue weighted by atomic mass is 10.1. The van der Waals surface area contributed by atoms with Crippen molar-refractivity contribution in [1.82, 2.24) is 15.3 Å². The highest BCUT2D eigenvalue weighted by atomic mass is 16.4. The zero-order chi connectivity index (χ0) is 23.7. The largest absolute Gasteiger partial charge is 0.550 e. The summed E-state index contributed by atoms with van der Waals surface area (Å²) in [6, 6.07) is 4.91. The van der Waals surface area contributed by atoms with Gasteiger partial charge in [0.15, 0.2) is 11.9 Å². The van der Waals surface area contributed by atoms with Crippen LogP contribution in [-0.4, -0.2) is 63.9 Å². The highest BCUT2D eigenvalue weighted by Crippen LogP contribution is 2.28. The van der Waals surface area contributed by atoms with Gasteiger partial charge in [0.05, 0.1) is 18.6 Å². The molecule has 0 radical (unpaired) electrons. The fourth-order valence-corrected chi connectivity index (χ4v) is 3.80. The Morgan fingerprint density at radius 3 is 2.67 bits per heavy atom. The summed E-state index contributed by atoms with van der Waals surface area (Å²) < 4.78 is 1.82. The highest BCUT2D eigenvalue weighted by molar-refractivity contribution is 5.97. The van der Waals surface area contributed by atoms with Crippen LogP contribution in [0.3, 0.4) is 0 Å². The van der Waals surface area contributed by atoms with Crippen LogP contribution in [-0.2, 0) is 9.59 Å². The number of rotatable bonds is 7. The van der Waals surface area contributed by atoms with Gasteiger partial charge in [-0.2, -0.15) is 4.98 Å². The zero-order valence-electron chi connectivity index (χ0n) is 17.2. The number of carbonyl (C=O) groups is 3. The Hall–Kier alpha value is -4.42. The fourth-order valence-electron chi connectivity index (χ4n) is 3.80. The maximum absolute atomic E-state index is 12.4. The lowest BCUT2D eigenvalue weighted by Gasteiger charge is -2.20. The number of nitrogens with one attached hydrogen (secondary N) is 3. The minimum Gasteiger partial charge on any atom is -0.550 e. The minimum atomic E-state index is -1.58. The molecule has 1 aromatic carbocycles. The van der Waals surface area contributed by atoms with Gasteiger partial charge < -0.3 is 36.2 Å². The molecule has 3 heterocycles. The summed E-state index contributed by atoms with van der Waals surface area (Å²) in [6.45, 7) is 1.12. The first-order valence-electron chi connectivity index (χ1n) is 10.1. The monoisotopic (exact) mass is 454 g/mol. The van der Waals surface area contributed by atoms with Crippen molar-refractivity contribution in [1.29, 1.82) is 0 Å². The van der Waals surface area contributed by atoms with Gasteiger partial charge in [0.25, 0.3) is 5.91 Å². The van der Waals surface area contributed by atoms with E-state index in [2.05, 4.69) is 20.6 Å². The van der Waals surface area contributed by atoms with E-state index >= 15 is 0 Å². The van der Waals surface area contributed by atoms with E-state index in [1.807, 2.05) is 9.48 Å². The normalized spacial score (nSPS) is 17.3. The number of H-pyrrole nitrogens is 1. The molecule has 13 nitrogen and oxygen atoms in total. The minimum absolute atomic E-state index is 0.0233. The molecular weight excluding hydrogens is 434 g/mol. The van der Waals surface area contributed by atoms with E-state index in [1.165, 1.54) is 12.1 Å². The molecule has 2 aromatic rings. The van der Waals surface area contributed by atoms with Gasteiger partial charge in [-0.25, -0.2) is 9.48 Å². The second kappa shape index (κ2) is 8.61. The highest BCUT2D eigenvalue weighted by Gasteiger charge is 2.39. The lowest BCUT2D eigenvalue weighted by Crippen LogP contribution is -2.48. The first-order chi connectivity index (χ1) is 15.7. The molecule has 2 aliphatic rings. The molecule has 0 fully saturated rings. The Kier molecular flexibility index (Phi) is 5.69. The Morgan fingerprint density at radius 1 is 1.27 bits per heavy atom. The molecule has 1 aromatic heterocycles. The number of hydrogen-bond acceptors (Lipinski definition) is 10. The van der Waals surface area contributed by atoms with Crippen LogP contribution in [0.1, 0.15) is 23.2 Å². The summed E-state index contributed by atoms with van der Waals surface area (Å²) in [5.74, 6) is -3.25. The Balaban J connectivity index is 1.49. The fraction of sp³-hybridized carbons (Fsp3) is 0.300. The maximum atomic E-state index is 12.4. The van der Waals surface area contributed by atoms with E-state index in [1.54, 1.807) is 18.5 Å². The average Bonchev–Trinajstić information content (AvgIpc) is 3.20. The molecule has 0 saturated heterocycles. The summed E-state index contributed by atoms with van der Waals surface area (Å²) in [7, 11) is 0. The van der Waals surface area contributed by atoms with E-state index in [0.29, 0.717) is 24.6 Å². The second-order valence-electron chi connectivity index (χ2n) is 7.66. The molecule has 0 unspecified atom stereocenters. The van der Waals surface area contributed by atoms with Gasteiger partial charge in [-0.3, -0.25) is 14.6 Å². The van der Waals surface area contributed by atoms with Crippen LogP contribution in [0.15, 0.2) is 29.1 Å². The summed E-state index contributed by atoms with van der Waals surface area (Å²) in [6.07, 6.45) is 0.908. The van der Waals surface area contributed by atoms with E-state index < -0.39 is 30.3 Å². The number of anilines is 3. The van der Waals surface area contributed by atoms with Gasteiger partial charge >= 0.3 is 5.56 Å². The summed E-state index contributed by atoms with van der Waals surface area (Å²) in [4.78, 5) is 55.0. The molecule has 33 heavy (non-hydrogen) atoms. The Morgan fingerprint density at radius 2 is 2.00 bits per heavy atom. The number of carbonyl (C=O) groups excluding carboxylic acids is 3. The molecule has 0 aliphatic carbocycles. The van der Waals surface area contributed by atoms with Crippen molar-refractivity contribution >= 4 is 47.3 Å². The van der Waals surface area contributed by atoms with Gasteiger partial charge in [-0.1, -0.05) is 0 Å². The van der Waals surface area contributed by atoms with Crippen molar-refractivity contribution in [3.05, 3.63) is 40.2 Å². The summed E-state index contributed by atoms with van der Waals surface area (Å²) in [5, 5.41) is 27.1. The first-order valence-corrected chi connectivity index (χ1v) is 10.1. The smallest absolute Gasteiger partial charge is 0.301 e. The number of amides is 1. The SMILES string of the molecule is Nc1nc2c(c(=O)[nH]1)[N+]1=CN(c3ccc(C(=O)N[C@@H](CCC(=O)[O-])C(=O)[O-])cc3)C[C@H]1CN2. The van der Waals surface area contributed by atoms with Crippen LogP contribution in [0.25, 0.3) is 0 Å². The lowest BCUT2D eigenvalue weighted by molar-refractivity contribution is -0.468. The molecule has 2 aliphatic heterocycles. The van der Waals surface area contributed by atoms with E-state index in [-0.39, 0.29) is 29.5 Å². The molecule has 13 heteroatoms. The third kappa shape index (κ3) is 4.46. The standard InChI is InChI=1S/C20H21N7O6/c21-20-24-16-15(18(31)25-20)27-9-26(8-12(27)7-22-16)11-3-1-10(2-4-11)17(30)23-13(19(32)33)5-6-14(28)29/h1-4,9,12-13H,5-8H2,(H6-,21,22,23,24,25,28,29,30,31,32,33)/p-1/t12-,13+/m1/s1. The average molecular weight is 454 g/mol. The number of carboxylic acids is 2. The van der Waals surface area contributed by atoms with Crippen LogP contribution in [0.2, 0.25) is 0 Å². The first kappa shape index (κ1) is 21.8. The second-order valence-corrected chi connectivity index (χ2v) is 7.66. The third-order valence-corrected chi connectivity index (χ3v) is 5.43. The van der Waals surface area contributed by atoms with E-state index in [0.717, 1.165) is 5.69 Å². The molecule has 2 atom stereocenters. The van der Waals surface area contributed by atoms with Crippen molar-refractivity contribution < 1.29 is 29.2 Å². The van der Waals surface area contributed by atoms with Gasteiger partial charge in [-0.05, 0) is 37.1 Å². The molecule has 4 rings (SSSR count). The predicted octanol–water partition coefficient (Wildman–Crippen LogP) is -3.28. The van der Waals surface area contributed by atoms with E-state index in [4.69, 9.17) is 5.73 Å². The van der Waals surface area contributed by atoms with Crippen molar-refractivity contribution in [2.45, 2.75) is 24.9 Å². The quantitative estimate of drug-likeness (QED) is 0.307. The molecule has 5 N–H and O–H groups in total. The topological polar surface area (TPSA) is 199 Å². The molecule has 1 amide bonds. The maximum Gasteiger partial charge on any atom is 0.301 e. The number of aromatic nitrogens is 2. The van der Waals surface area contributed by atoms with Crippen LogP contribution in [0.5, 0.6) is 0 Å². The van der Waals surface area contributed by atoms with Gasteiger partial charge in [-0.15, -0.1) is 0 Å². The number of benzene rings is 1. The predicted molar refractivity (Wildman–Crippen MR) is 112 cm³/mol. The van der Waals surface area contributed by atoms with Gasteiger partial charge in [0.2, 0.25) is 18.0 Å². The zero-order valence-corrected chi connectivity index (χ0v) is 17.2. The van der Waals surface area contributed by atoms with Crippen LogP contribution < -0.4 is 37.0 Å². The van der Waals surface area contributed by atoms with Crippen molar-refractivity contribution in [2.75, 3.05) is 29.0 Å². The van der Waals surface area contributed by atoms with Crippen molar-refractivity contribution in [3.8, 4) is 0 Å². The Labute approximate surface area is 186 Å².